The zero-order valence-electron chi connectivity index (χ0n) is 17.5. The van der Waals surface area contributed by atoms with E-state index in [0.717, 1.165) is 24.3 Å². The van der Waals surface area contributed by atoms with Gasteiger partial charge in [0.1, 0.15) is 25.3 Å². The summed E-state index contributed by atoms with van der Waals surface area (Å²) < 4.78 is 87.0. The molecule has 0 spiro atoms. The molecule has 0 aromatic heterocycles. The molecule has 0 saturated heterocycles. The van der Waals surface area contributed by atoms with Gasteiger partial charge in [-0.15, -0.1) is 0 Å². The maximum atomic E-state index is 12.9. The van der Waals surface area contributed by atoms with Crippen molar-refractivity contribution in [1.29, 1.82) is 0 Å². The molecule has 4 N–H and O–H groups in total. The number of ether oxygens (including phenoxy) is 2. The maximum absolute atomic E-state index is 12.9. The first-order chi connectivity index (χ1) is 16.6. The highest BCUT2D eigenvalue weighted by Gasteiger charge is 2.38. The van der Waals surface area contributed by atoms with Crippen molar-refractivity contribution in [1.82, 2.24) is 0 Å². The number of rotatable bonds is 2. The number of aliphatic imine (C=N–C) groups is 2. The lowest BCUT2D eigenvalue weighted by atomic mass is 10.0. The lowest BCUT2D eigenvalue weighted by Crippen LogP contribution is -2.12. The fourth-order valence-corrected chi connectivity index (χ4v) is 3.94. The van der Waals surface area contributed by atoms with Gasteiger partial charge in [0.05, 0.1) is 31.2 Å². The Hall–Kier alpha value is -2.28. The zero-order chi connectivity index (χ0) is 27.0. The van der Waals surface area contributed by atoms with Gasteiger partial charge < -0.3 is 20.9 Å². The van der Waals surface area contributed by atoms with Crippen LogP contribution in [0.1, 0.15) is 41.8 Å². The minimum Gasteiger partial charge on any atom is -0.463 e. The normalized spacial score (nSPS) is 19.1. The third-order valence-corrected chi connectivity index (χ3v) is 6.30. The van der Waals surface area contributed by atoms with Crippen molar-refractivity contribution in [2.24, 2.45) is 21.5 Å². The SMILES string of the molecule is C.NC1=N[C@@H](c2cc(Cl)c(Cl)cc2C(F)(F)F)CO1.NC1=N[C@H](c2cc(Cl)c(Cl)cc2C(F)(F)F)CO1. The smallest absolute Gasteiger partial charge is 0.416 e. The molecule has 6 nitrogen and oxygen atoms in total. The number of nitrogens with zero attached hydrogens (tertiary/aromatic N) is 2. The fourth-order valence-electron chi connectivity index (χ4n) is 3.27. The lowest BCUT2D eigenvalue weighted by Gasteiger charge is -2.16. The van der Waals surface area contributed by atoms with Crippen molar-refractivity contribution in [2.45, 2.75) is 31.9 Å². The second-order valence-corrected chi connectivity index (χ2v) is 8.92. The van der Waals surface area contributed by atoms with Gasteiger partial charge in [-0.05, 0) is 35.4 Å². The average molecular weight is 614 g/mol. The molecule has 0 unspecified atom stereocenters. The van der Waals surface area contributed by atoms with E-state index in [-0.39, 0.29) is 63.9 Å². The number of amidine groups is 2. The van der Waals surface area contributed by atoms with Crippen LogP contribution in [0.15, 0.2) is 34.3 Å². The van der Waals surface area contributed by atoms with Crippen LogP contribution in [0.2, 0.25) is 20.1 Å². The summed E-state index contributed by atoms with van der Waals surface area (Å²) in [4.78, 5) is 7.55. The summed E-state index contributed by atoms with van der Waals surface area (Å²) in [5, 5.41) is -0.270. The van der Waals surface area contributed by atoms with Crippen molar-refractivity contribution < 1.29 is 35.8 Å². The standard InChI is InChI=1S/2C10H7Cl2F3N2O.CH4/c2*11-6-1-4(8-3-18-9(16)17-8)5(2-7(6)12)10(13,14)15;/h2*1-2,8H,3H2,(H2,16,17);1H4/t2*8-;/m10./s1. The molecule has 2 aliphatic rings. The van der Waals surface area contributed by atoms with Crippen molar-refractivity contribution in [2.75, 3.05) is 13.2 Å². The molecule has 4 rings (SSSR count). The lowest BCUT2D eigenvalue weighted by molar-refractivity contribution is -0.139. The van der Waals surface area contributed by atoms with Gasteiger partial charge in [-0.3, -0.25) is 0 Å². The van der Waals surface area contributed by atoms with Crippen molar-refractivity contribution in [3.63, 3.8) is 0 Å². The molecule has 0 bridgehead atoms. The summed E-state index contributed by atoms with van der Waals surface area (Å²) in [7, 11) is 0. The Morgan fingerprint density at radius 3 is 1.19 bits per heavy atom. The van der Waals surface area contributed by atoms with Gasteiger partial charge in [0, 0.05) is 0 Å². The Kier molecular flexibility index (Phi) is 9.72. The second kappa shape index (κ2) is 11.6. The van der Waals surface area contributed by atoms with E-state index in [1.807, 2.05) is 0 Å². The predicted molar refractivity (Wildman–Crippen MR) is 130 cm³/mol. The summed E-state index contributed by atoms with van der Waals surface area (Å²) >= 11 is 22.7. The van der Waals surface area contributed by atoms with E-state index in [9.17, 15) is 26.3 Å². The molecule has 0 amide bonds. The number of alkyl halides is 6. The van der Waals surface area contributed by atoms with Gasteiger partial charge in [-0.2, -0.15) is 26.3 Å². The highest BCUT2D eigenvalue weighted by atomic mass is 35.5. The van der Waals surface area contributed by atoms with E-state index in [1.54, 1.807) is 0 Å². The molecular weight excluding hydrogens is 596 g/mol. The topological polar surface area (TPSA) is 95.2 Å². The number of hydrogen-bond donors (Lipinski definition) is 2. The maximum Gasteiger partial charge on any atom is 0.416 e. The molecule has 2 aromatic carbocycles. The fraction of sp³-hybridized carbons (Fsp3) is 0.333. The number of hydrogen-bond acceptors (Lipinski definition) is 6. The Bertz CT molecular complexity index is 1130. The number of halogens is 10. The van der Waals surface area contributed by atoms with Gasteiger partial charge >= 0.3 is 12.4 Å². The molecule has 0 fully saturated rings. The molecular formula is C21H18Cl4F6N4O2. The van der Waals surface area contributed by atoms with Crippen LogP contribution >= 0.6 is 46.4 Å². The van der Waals surface area contributed by atoms with Gasteiger partial charge in [0.2, 0.25) is 0 Å². The van der Waals surface area contributed by atoms with Gasteiger partial charge in [0.15, 0.2) is 0 Å². The molecule has 204 valence electrons. The van der Waals surface area contributed by atoms with Crippen LogP contribution in [-0.2, 0) is 21.8 Å². The first-order valence-corrected chi connectivity index (χ1v) is 11.1. The van der Waals surface area contributed by atoms with Gasteiger partial charge in [0.25, 0.3) is 12.0 Å². The number of benzene rings is 2. The molecule has 0 aliphatic carbocycles. The molecule has 0 saturated carbocycles. The van der Waals surface area contributed by atoms with Crippen LogP contribution in [0.3, 0.4) is 0 Å². The minimum absolute atomic E-state index is 0. The van der Waals surface area contributed by atoms with E-state index in [4.69, 9.17) is 67.3 Å². The monoisotopic (exact) mass is 612 g/mol. The Balaban J connectivity index is 0.000000253. The number of nitrogens with two attached hydrogens (primary N) is 2. The molecule has 2 aromatic rings. The van der Waals surface area contributed by atoms with Crippen LogP contribution in [0.25, 0.3) is 0 Å². The second-order valence-electron chi connectivity index (χ2n) is 7.29. The molecule has 16 heteroatoms. The van der Waals surface area contributed by atoms with E-state index in [0.29, 0.717) is 0 Å². The molecule has 0 radical (unpaired) electrons. The molecule has 2 heterocycles. The third kappa shape index (κ3) is 7.40. The van der Waals surface area contributed by atoms with Gasteiger partial charge in [-0.1, -0.05) is 53.8 Å². The summed E-state index contributed by atoms with van der Waals surface area (Å²) in [6, 6.07) is 1.92. The summed E-state index contributed by atoms with van der Waals surface area (Å²) in [6.45, 7) is -0.0975. The zero-order valence-corrected chi connectivity index (χ0v) is 20.5. The first-order valence-electron chi connectivity index (χ1n) is 9.62. The van der Waals surface area contributed by atoms with Crippen LogP contribution in [-0.4, -0.2) is 25.3 Å². The summed E-state index contributed by atoms with van der Waals surface area (Å²) in [5.74, 6) is 0. The quantitative estimate of drug-likeness (QED) is 0.344. The summed E-state index contributed by atoms with van der Waals surface area (Å²) in [5.41, 5.74) is 8.58. The Morgan fingerprint density at radius 2 is 0.946 bits per heavy atom. The Morgan fingerprint density at radius 1 is 0.649 bits per heavy atom. The highest BCUT2D eigenvalue weighted by Crippen LogP contribution is 2.42. The van der Waals surface area contributed by atoms with Crippen LogP contribution < -0.4 is 11.5 Å². The van der Waals surface area contributed by atoms with E-state index in [2.05, 4.69) is 9.98 Å². The molecule has 2 aliphatic heterocycles. The van der Waals surface area contributed by atoms with Crippen molar-refractivity contribution in [3.05, 3.63) is 66.6 Å². The Labute approximate surface area is 227 Å². The highest BCUT2D eigenvalue weighted by molar-refractivity contribution is 6.42. The summed E-state index contributed by atoms with van der Waals surface area (Å²) in [6.07, 6.45) is -9.09. The first kappa shape index (κ1) is 30.9. The largest absolute Gasteiger partial charge is 0.463 e. The van der Waals surface area contributed by atoms with Crippen LogP contribution in [0.4, 0.5) is 26.3 Å². The molecule has 2 atom stereocenters. The van der Waals surface area contributed by atoms with E-state index < -0.39 is 35.6 Å². The van der Waals surface area contributed by atoms with Gasteiger partial charge in [-0.25, -0.2) is 9.98 Å². The minimum atomic E-state index is -4.55. The van der Waals surface area contributed by atoms with Crippen molar-refractivity contribution in [3.8, 4) is 0 Å². The van der Waals surface area contributed by atoms with E-state index >= 15 is 0 Å². The average Bonchev–Trinajstić information content (AvgIpc) is 3.38. The van der Waals surface area contributed by atoms with Crippen LogP contribution in [0, 0.1) is 0 Å². The molecule has 37 heavy (non-hydrogen) atoms. The van der Waals surface area contributed by atoms with Crippen molar-refractivity contribution >= 4 is 58.4 Å². The third-order valence-electron chi connectivity index (χ3n) is 4.86. The van der Waals surface area contributed by atoms with E-state index in [1.165, 1.54) is 0 Å². The van der Waals surface area contributed by atoms with Crippen LogP contribution in [0.5, 0.6) is 0 Å². The predicted octanol–water partition coefficient (Wildman–Crippen LogP) is 7.43.